The molecule has 3 rings (SSSR count). The minimum Gasteiger partial charge on any atom is -0.346 e. The van der Waals surface area contributed by atoms with E-state index in [1.54, 1.807) is 0 Å². The van der Waals surface area contributed by atoms with Crippen molar-refractivity contribution < 1.29 is 26.4 Å². The highest BCUT2D eigenvalue weighted by atomic mass is 32.2. The smallest absolute Gasteiger partial charge is 0.346 e. The van der Waals surface area contributed by atoms with Crippen molar-refractivity contribution in [1.29, 1.82) is 0 Å². The van der Waals surface area contributed by atoms with Gasteiger partial charge in [-0.1, -0.05) is 19.3 Å². The van der Waals surface area contributed by atoms with Crippen molar-refractivity contribution in [3.8, 4) is 0 Å². The SMILES string of the molecule is O=C(NCC1(N2CCN(S(=O)(=O)CC3CC3)CC2)CCCCC1)C(F)(F)F. The number of nitrogens with zero attached hydrogens (tertiary/aromatic N) is 2. The van der Waals surface area contributed by atoms with Crippen LogP contribution in [-0.4, -0.2) is 73.7 Å². The maximum absolute atomic E-state index is 12.6. The molecule has 6 nitrogen and oxygen atoms in total. The van der Waals surface area contributed by atoms with E-state index in [9.17, 15) is 26.4 Å². The molecule has 1 saturated heterocycles. The highest BCUT2D eigenvalue weighted by Crippen LogP contribution is 2.35. The van der Waals surface area contributed by atoms with E-state index in [4.69, 9.17) is 0 Å². The Labute approximate surface area is 158 Å². The molecular weight excluding hydrogens is 383 g/mol. The van der Waals surface area contributed by atoms with Crippen LogP contribution in [0.4, 0.5) is 13.2 Å². The zero-order valence-corrected chi connectivity index (χ0v) is 16.2. The molecule has 0 bridgehead atoms. The molecule has 0 unspecified atom stereocenters. The third-order valence-electron chi connectivity index (χ3n) is 6.07. The number of halogens is 3. The summed E-state index contributed by atoms with van der Waals surface area (Å²) < 4.78 is 64.1. The van der Waals surface area contributed by atoms with Gasteiger partial charge in [0.1, 0.15) is 0 Å². The van der Waals surface area contributed by atoms with Gasteiger partial charge in [-0.15, -0.1) is 0 Å². The van der Waals surface area contributed by atoms with Crippen LogP contribution in [0.2, 0.25) is 0 Å². The molecule has 156 valence electrons. The van der Waals surface area contributed by atoms with E-state index in [1.165, 1.54) is 4.31 Å². The Morgan fingerprint density at radius 3 is 2.15 bits per heavy atom. The standard InChI is InChI=1S/C17H28F3N3O3S/c18-17(19,20)15(24)21-13-16(6-2-1-3-7-16)22-8-10-23(11-9-22)27(25,26)12-14-4-5-14/h14H,1-13H2,(H,21,24). The van der Waals surface area contributed by atoms with Crippen molar-refractivity contribution in [2.45, 2.75) is 56.7 Å². The number of hydrogen-bond acceptors (Lipinski definition) is 4. The second-order valence-corrected chi connectivity index (χ2v) is 10.1. The highest BCUT2D eigenvalue weighted by Gasteiger charge is 2.44. The summed E-state index contributed by atoms with van der Waals surface area (Å²) in [7, 11) is -3.25. The van der Waals surface area contributed by atoms with Crippen LogP contribution in [0.5, 0.6) is 0 Å². The Bertz CT molecular complexity index is 636. The van der Waals surface area contributed by atoms with Crippen molar-refractivity contribution in [2.24, 2.45) is 5.92 Å². The van der Waals surface area contributed by atoms with E-state index < -0.39 is 27.6 Å². The van der Waals surface area contributed by atoms with Crippen molar-refractivity contribution >= 4 is 15.9 Å². The van der Waals surface area contributed by atoms with E-state index in [0.717, 1.165) is 44.9 Å². The molecular formula is C17H28F3N3O3S. The van der Waals surface area contributed by atoms with Gasteiger partial charge < -0.3 is 5.32 Å². The first-order chi connectivity index (χ1) is 12.6. The van der Waals surface area contributed by atoms with Gasteiger partial charge in [0.15, 0.2) is 0 Å². The summed E-state index contributed by atoms with van der Waals surface area (Å²) in [4.78, 5) is 13.4. The van der Waals surface area contributed by atoms with E-state index >= 15 is 0 Å². The Morgan fingerprint density at radius 2 is 1.63 bits per heavy atom. The minimum absolute atomic E-state index is 0.0415. The molecule has 0 aromatic heterocycles. The number of nitrogens with one attached hydrogen (secondary N) is 1. The second-order valence-electron chi connectivity index (χ2n) is 8.07. The first kappa shape index (κ1) is 20.9. The Balaban J connectivity index is 1.61. The van der Waals surface area contributed by atoms with Gasteiger partial charge in [0.05, 0.1) is 5.75 Å². The van der Waals surface area contributed by atoms with Gasteiger partial charge in [-0.2, -0.15) is 17.5 Å². The molecule has 0 aromatic rings. The molecule has 3 fully saturated rings. The molecule has 0 aromatic carbocycles. The van der Waals surface area contributed by atoms with Gasteiger partial charge in [0.25, 0.3) is 0 Å². The molecule has 0 spiro atoms. The lowest BCUT2D eigenvalue weighted by Gasteiger charge is -2.49. The first-order valence-corrected chi connectivity index (χ1v) is 11.3. The number of carbonyl (C=O) groups excluding carboxylic acids is 1. The van der Waals surface area contributed by atoms with Gasteiger partial charge >= 0.3 is 12.1 Å². The fourth-order valence-corrected chi connectivity index (χ4v) is 6.15. The average Bonchev–Trinajstić information content (AvgIpc) is 3.43. The summed E-state index contributed by atoms with van der Waals surface area (Å²) in [5.41, 5.74) is -0.508. The monoisotopic (exact) mass is 411 g/mol. The Kier molecular flexibility index (Phi) is 6.08. The van der Waals surface area contributed by atoms with Crippen LogP contribution in [0.15, 0.2) is 0 Å². The van der Waals surface area contributed by atoms with Crippen LogP contribution >= 0.6 is 0 Å². The predicted octanol–water partition coefficient (Wildman–Crippen LogP) is 1.73. The van der Waals surface area contributed by atoms with Crippen LogP contribution in [0, 0.1) is 5.92 Å². The summed E-state index contributed by atoms with van der Waals surface area (Å²) in [5, 5.41) is 2.07. The normalized spacial score (nSPS) is 25.3. The lowest BCUT2D eigenvalue weighted by Crippen LogP contribution is -2.63. The highest BCUT2D eigenvalue weighted by molar-refractivity contribution is 7.89. The fourth-order valence-electron chi connectivity index (χ4n) is 4.29. The number of piperazine rings is 1. The molecule has 27 heavy (non-hydrogen) atoms. The molecule has 1 N–H and O–H groups in total. The summed E-state index contributed by atoms with van der Waals surface area (Å²) in [6.07, 6.45) is 1.35. The molecule has 2 saturated carbocycles. The summed E-state index contributed by atoms with van der Waals surface area (Å²) >= 11 is 0. The first-order valence-electron chi connectivity index (χ1n) is 9.70. The Morgan fingerprint density at radius 1 is 1.04 bits per heavy atom. The Hall–Kier alpha value is -0.870. The van der Waals surface area contributed by atoms with Gasteiger partial charge in [0.2, 0.25) is 10.0 Å². The largest absolute Gasteiger partial charge is 0.471 e. The number of sulfonamides is 1. The molecule has 0 atom stereocenters. The number of alkyl halides is 3. The van der Waals surface area contributed by atoms with Gasteiger partial charge in [-0.05, 0) is 31.6 Å². The van der Waals surface area contributed by atoms with E-state index in [1.807, 2.05) is 0 Å². The quantitative estimate of drug-likeness (QED) is 0.723. The van der Waals surface area contributed by atoms with Crippen LogP contribution in [0.3, 0.4) is 0 Å². The fraction of sp³-hybridized carbons (Fsp3) is 0.941. The van der Waals surface area contributed by atoms with Gasteiger partial charge in [0, 0.05) is 38.3 Å². The summed E-state index contributed by atoms with van der Waals surface area (Å²) in [5.74, 6) is -1.41. The second kappa shape index (κ2) is 7.87. The molecule has 1 aliphatic heterocycles. The van der Waals surface area contributed by atoms with E-state index in [-0.39, 0.29) is 18.2 Å². The van der Waals surface area contributed by atoms with E-state index in [2.05, 4.69) is 10.2 Å². The van der Waals surface area contributed by atoms with Crippen LogP contribution in [-0.2, 0) is 14.8 Å². The zero-order chi connectivity index (χ0) is 19.7. The number of rotatable bonds is 6. The number of hydrogen-bond donors (Lipinski definition) is 1. The third kappa shape index (κ3) is 5.14. The molecule has 1 heterocycles. The average molecular weight is 411 g/mol. The maximum Gasteiger partial charge on any atom is 0.471 e. The third-order valence-corrected chi connectivity index (χ3v) is 8.11. The molecule has 10 heteroatoms. The number of amides is 1. The molecule has 2 aliphatic carbocycles. The van der Waals surface area contributed by atoms with Crippen molar-refractivity contribution in [3.05, 3.63) is 0 Å². The molecule has 0 radical (unpaired) electrons. The van der Waals surface area contributed by atoms with Crippen molar-refractivity contribution in [1.82, 2.24) is 14.5 Å². The predicted molar refractivity (Wildman–Crippen MR) is 94.5 cm³/mol. The van der Waals surface area contributed by atoms with Crippen molar-refractivity contribution in [2.75, 3.05) is 38.5 Å². The number of carbonyl (C=O) groups is 1. The minimum atomic E-state index is -4.88. The van der Waals surface area contributed by atoms with Gasteiger partial charge in [-0.25, -0.2) is 8.42 Å². The summed E-state index contributed by atoms with van der Waals surface area (Å²) in [6, 6.07) is 0. The molecule has 3 aliphatic rings. The van der Waals surface area contributed by atoms with Crippen LogP contribution in [0.1, 0.15) is 44.9 Å². The van der Waals surface area contributed by atoms with Crippen LogP contribution in [0.25, 0.3) is 0 Å². The lowest BCUT2D eigenvalue weighted by molar-refractivity contribution is -0.174. The lowest BCUT2D eigenvalue weighted by atomic mass is 9.79. The zero-order valence-electron chi connectivity index (χ0n) is 15.4. The maximum atomic E-state index is 12.6. The summed E-state index contributed by atoms with van der Waals surface area (Å²) in [6.45, 7) is 1.67. The van der Waals surface area contributed by atoms with Crippen molar-refractivity contribution in [3.63, 3.8) is 0 Å². The van der Waals surface area contributed by atoms with Crippen LogP contribution < -0.4 is 5.32 Å². The van der Waals surface area contributed by atoms with E-state index in [0.29, 0.717) is 26.2 Å². The topological polar surface area (TPSA) is 69.7 Å². The van der Waals surface area contributed by atoms with Gasteiger partial charge in [-0.3, -0.25) is 9.69 Å². The molecule has 1 amide bonds.